The smallest absolute Gasteiger partial charge is 0.251 e. The maximum Gasteiger partial charge on any atom is 0.251 e. The highest BCUT2D eigenvalue weighted by atomic mass is 16.5. The van der Waals surface area contributed by atoms with Gasteiger partial charge in [0.1, 0.15) is 5.75 Å². The maximum atomic E-state index is 12.0. The third-order valence-electron chi connectivity index (χ3n) is 3.05. The molecular formula is C16H17NO4. The molecule has 2 rings (SSSR count). The Morgan fingerprint density at radius 3 is 2.43 bits per heavy atom. The number of hydrogen-bond donors (Lipinski definition) is 2. The summed E-state index contributed by atoms with van der Waals surface area (Å²) in [7, 11) is 3.06. The molecule has 0 fully saturated rings. The van der Waals surface area contributed by atoms with Crippen LogP contribution in [0.3, 0.4) is 0 Å². The third-order valence-corrected chi connectivity index (χ3v) is 3.05. The molecule has 2 N–H and O–H groups in total. The van der Waals surface area contributed by atoms with Gasteiger partial charge in [0.25, 0.3) is 5.91 Å². The maximum absolute atomic E-state index is 12.0. The summed E-state index contributed by atoms with van der Waals surface area (Å²) < 4.78 is 10.1. The van der Waals surface area contributed by atoms with Gasteiger partial charge in [-0.15, -0.1) is 0 Å². The Morgan fingerprint density at radius 1 is 1.10 bits per heavy atom. The van der Waals surface area contributed by atoms with Gasteiger partial charge in [-0.2, -0.15) is 0 Å². The lowest BCUT2D eigenvalue weighted by Crippen LogP contribution is -2.22. The molecule has 0 aliphatic carbocycles. The van der Waals surface area contributed by atoms with Crippen LogP contribution < -0.4 is 14.8 Å². The molecular weight excluding hydrogens is 270 g/mol. The van der Waals surface area contributed by atoms with Crippen molar-refractivity contribution in [1.82, 2.24) is 5.32 Å². The summed E-state index contributed by atoms with van der Waals surface area (Å²) in [6.07, 6.45) is 0. The summed E-state index contributed by atoms with van der Waals surface area (Å²) >= 11 is 0. The molecule has 0 aliphatic heterocycles. The van der Waals surface area contributed by atoms with Crippen molar-refractivity contribution < 1.29 is 19.4 Å². The minimum absolute atomic E-state index is 0.0720. The quantitative estimate of drug-likeness (QED) is 0.885. The normalized spacial score (nSPS) is 10.0. The molecule has 0 unspecified atom stereocenters. The number of amides is 1. The largest absolute Gasteiger partial charge is 0.504 e. The standard InChI is InChI=1S/C16H17NO4/c1-20-13-6-4-12(5-7-13)16(19)17-10-11-3-8-14(18)15(9-11)21-2/h3-9,18H,10H2,1-2H3,(H,17,19). The predicted octanol–water partition coefficient (Wildman–Crippen LogP) is 2.34. The molecule has 0 spiro atoms. The van der Waals surface area contributed by atoms with E-state index in [-0.39, 0.29) is 11.7 Å². The zero-order valence-electron chi connectivity index (χ0n) is 11.9. The molecule has 0 aromatic heterocycles. The zero-order chi connectivity index (χ0) is 15.2. The molecule has 2 aromatic carbocycles. The van der Waals surface area contributed by atoms with Crippen LogP contribution in [0.5, 0.6) is 17.2 Å². The van der Waals surface area contributed by atoms with E-state index in [0.717, 1.165) is 5.56 Å². The monoisotopic (exact) mass is 287 g/mol. The molecule has 0 bridgehead atoms. The van der Waals surface area contributed by atoms with Crippen LogP contribution in [-0.4, -0.2) is 25.2 Å². The first kappa shape index (κ1) is 14.7. The second kappa shape index (κ2) is 6.65. The minimum Gasteiger partial charge on any atom is -0.504 e. The summed E-state index contributed by atoms with van der Waals surface area (Å²) in [6, 6.07) is 11.8. The molecule has 0 radical (unpaired) electrons. The molecule has 5 nitrogen and oxygen atoms in total. The van der Waals surface area contributed by atoms with Crippen LogP contribution in [0.2, 0.25) is 0 Å². The van der Waals surface area contributed by atoms with Gasteiger partial charge in [0.05, 0.1) is 14.2 Å². The van der Waals surface area contributed by atoms with E-state index in [4.69, 9.17) is 9.47 Å². The zero-order valence-corrected chi connectivity index (χ0v) is 11.9. The molecule has 0 heterocycles. The van der Waals surface area contributed by atoms with Gasteiger partial charge in [0, 0.05) is 12.1 Å². The van der Waals surface area contributed by atoms with E-state index in [9.17, 15) is 9.90 Å². The molecule has 0 saturated heterocycles. The Balaban J connectivity index is 2.00. The number of benzene rings is 2. The number of carbonyl (C=O) groups is 1. The van der Waals surface area contributed by atoms with Crippen LogP contribution in [0.4, 0.5) is 0 Å². The van der Waals surface area contributed by atoms with Crippen LogP contribution in [-0.2, 0) is 6.54 Å². The Morgan fingerprint density at radius 2 is 1.81 bits per heavy atom. The fourth-order valence-corrected chi connectivity index (χ4v) is 1.86. The lowest BCUT2D eigenvalue weighted by molar-refractivity contribution is 0.0951. The molecule has 2 aromatic rings. The second-order valence-electron chi connectivity index (χ2n) is 4.42. The Hall–Kier alpha value is -2.69. The summed E-state index contributed by atoms with van der Waals surface area (Å²) in [5.74, 6) is 0.980. The number of rotatable bonds is 5. The van der Waals surface area contributed by atoms with Crippen molar-refractivity contribution in [1.29, 1.82) is 0 Å². The second-order valence-corrected chi connectivity index (χ2v) is 4.42. The summed E-state index contributed by atoms with van der Waals surface area (Å²) in [4.78, 5) is 12.0. The molecule has 0 saturated carbocycles. The van der Waals surface area contributed by atoms with Gasteiger partial charge in [0.15, 0.2) is 11.5 Å². The Kier molecular flexibility index (Phi) is 4.66. The predicted molar refractivity (Wildman–Crippen MR) is 78.8 cm³/mol. The topological polar surface area (TPSA) is 67.8 Å². The minimum atomic E-state index is -0.176. The Labute approximate surface area is 123 Å². The molecule has 5 heteroatoms. The third kappa shape index (κ3) is 3.66. The van der Waals surface area contributed by atoms with E-state index in [1.54, 1.807) is 43.5 Å². The molecule has 110 valence electrons. The highest BCUT2D eigenvalue weighted by Crippen LogP contribution is 2.26. The van der Waals surface area contributed by atoms with E-state index in [0.29, 0.717) is 23.6 Å². The van der Waals surface area contributed by atoms with Gasteiger partial charge in [-0.25, -0.2) is 0 Å². The van der Waals surface area contributed by atoms with Gasteiger partial charge in [-0.3, -0.25) is 4.79 Å². The average Bonchev–Trinajstić information content (AvgIpc) is 2.53. The fourth-order valence-electron chi connectivity index (χ4n) is 1.86. The van der Waals surface area contributed by atoms with Crippen LogP contribution in [0, 0.1) is 0 Å². The van der Waals surface area contributed by atoms with Crippen molar-refractivity contribution >= 4 is 5.91 Å². The summed E-state index contributed by atoms with van der Waals surface area (Å²) in [5.41, 5.74) is 1.40. The number of hydrogen-bond acceptors (Lipinski definition) is 4. The fraction of sp³-hybridized carbons (Fsp3) is 0.188. The lowest BCUT2D eigenvalue weighted by atomic mass is 10.1. The highest BCUT2D eigenvalue weighted by Gasteiger charge is 2.07. The number of phenolic OH excluding ortho intramolecular Hbond substituents is 1. The van der Waals surface area contributed by atoms with Crippen LogP contribution in [0.15, 0.2) is 42.5 Å². The van der Waals surface area contributed by atoms with Crippen LogP contribution >= 0.6 is 0 Å². The van der Waals surface area contributed by atoms with Gasteiger partial charge < -0.3 is 19.9 Å². The van der Waals surface area contributed by atoms with E-state index >= 15 is 0 Å². The van der Waals surface area contributed by atoms with Gasteiger partial charge in [0.2, 0.25) is 0 Å². The van der Waals surface area contributed by atoms with Gasteiger partial charge >= 0.3 is 0 Å². The Bertz CT molecular complexity index is 623. The molecule has 21 heavy (non-hydrogen) atoms. The molecule has 0 aliphatic rings. The SMILES string of the molecule is COc1ccc(C(=O)NCc2ccc(O)c(OC)c2)cc1. The van der Waals surface area contributed by atoms with Crippen molar-refractivity contribution in [3.05, 3.63) is 53.6 Å². The first-order valence-corrected chi connectivity index (χ1v) is 6.42. The summed E-state index contributed by atoms with van der Waals surface area (Å²) in [6.45, 7) is 0.349. The number of carbonyl (C=O) groups excluding carboxylic acids is 1. The van der Waals surface area contributed by atoms with Crippen molar-refractivity contribution in [3.63, 3.8) is 0 Å². The summed E-state index contributed by atoms with van der Waals surface area (Å²) in [5, 5.41) is 12.3. The molecule has 0 atom stereocenters. The van der Waals surface area contributed by atoms with E-state index < -0.39 is 0 Å². The molecule has 1 amide bonds. The van der Waals surface area contributed by atoms with E-state index in [1.807, 2.05) is 0 Å². The van der Waals surface area contributed by atoms with Crippen LogP contribution in [0.1, 0.15) is 15.9 Å². The van der Waals surface area contributed by atoms with Crippen molar-refractivity contribution in [2.75, 3.05) is 14.2 Å². The van der Waals surface area contributed by atoms with Crippen LogP contribution in [0.25, 0.3) is 0 Å². The number of phenols is 1. The number of methoxy groups -OCH3 is 2. The van der Waals surface area contributed by atoms with Crippen molar-refractivity contribution in [2.24, 2.45) is 0 Å². The number of ether oxygens (including phenoxy) is 2. The number of nitrogens with one attached hydrogen (secondary N) is 1. The van der Waals surface area contributed by atoms with Crippen molar-refractivity contribution in [2.45, 2.75) is 6.54 Å². The lowest BCUT2D eigenvalue weighted by Gasteiger charge is -2.08. The van der Waals surface area contributed by atoms with Gasteiger partial charge in [-0.05, 0) is 42.0 Å². The highest BCUT2D eigenvalue weighted by molar-refractivity contribution is 5.94. The van der Waals surface area contributed by atoms with E-state index in [1.165, 1.54) is 13.2 Å². The first-order valence-electron chi connectivity index (χ1n) is 6.42. The number of aromatic hydroxyl groups is 1. The average molecular weight is 287 g/mol. The van der Waals surface area contributed by atoms with Crippen molar-refractivity contribution in [3.8, 4) is 17.2 Å². The first-order chi connectivity index (χ1) is 10.1. The van der Waals surface area contributed by atoms with Gasteiger partial charge in [-0.1, -0.05) is 6.07 Å². The van der Waals surface area contributed by atoms with E-state index in [2.05, 4.69) is 5.32 Å².